The lowest BCUT2D eigenvalue weighted by atomic mass is 10.1. The van der Waals surface area contributed by atoms with Crippen LogP contribution in [-0.4, -0.2) is 43.8 Å². The predicted octanol–water partition coefficient (Wildman–Crippen LogP) is 6.84. The highest BCUT2D eigenvalue weighted by Gasteiger charge is 2.34. The van der Waals surface area contributed by atoms with Gasteiger partial charge in [0.05, 0.1) is 20.6 Å². The quantitative estimate of drug-likeness (QED) is 0.237. The summed E-state index contributed by atoms with van der Waals surface area (Å²) in [5, 5.41) is 3.66. The summed E-state index contributed by atoms with van der Waals surface area (Å²) in [7, 11) is -4.15. The minimum atomic E-state index is -4.15. The maximum absolute atomic E-state index is 14.2. The molecule has 0 aliphatic rings. The molecule has 0 aromatic heterocycles. The van der Waals surface area contributed by atoms with Crippen molar-refractivity contribution >= 4 is 50.7 Å². The zero-order valence-electron chi connectivity index (χ0n) is 24.9. The van der Waals surface area contributed by atoms with E-state index in [1.165, 1.54) is 17.0 Å². The van der Waals surface area contributed by atoms with E-state index in [4.69, 9.17) is 23.2 Å². The maximum Gasteiger partial charge on any atom is 0.264 e. The van der Waals surface area contributed by atoms with Gasteiger partial charge in [-0.1, -0.05) is 78.5 Å². The molecule has 10 heteroatoms. The van der Waals surface area contributed by atoms with Crippen molar-refractivity contribution in [2.75, 3.05) is 10.8 Å². The van der Waals surface area contributed by atoms with Crippen LogP contribution >= 0.6 is 23.2 Å². The Kier molecular flexibility index (Phi) is 11.5. The van der Waals surface area contributed by atoms with Crippen molar-refractivity contribution in [2.45, 2.75) is 77.9 Å². The van der Waals surface area contributed by atoms with E-state index in [0.29, 0.717) is 33.3 Å². The first kappa shape index (κ1) is 33.4. The molecule has 0 aliphatic heterocycles. The van der Waals surface area contributed by atoms with E-state index < -0.39 is 28.5 Å². The summed E-state index contributed by atoms with van der Waals surface area (Å²) >= 11 is 12.4. The monoisotopic (exact) mass is 631 g/mol. The number of hydrogen-bond donors (Lipinski definition) is 1. The highest BCUT2D eigenvalue weighted by atomic mass is 35.5. The topological polar surface area (TPSA) is 86.8 Å². The number of hydrogen-bond acceptors (Lipinski definition) is 4. The molecule has 7 nitrogen and oxygen atoms in total. The standard InChI is InChI=1S/C32H39Cl2N3O4S/c1-7-24(6)35-32(39)29(8-2)36(19-25-12-15-27(33)28(34)18-25)31(38)20-37(30-16-11-22(4)17-23(30)5)42(40,41)26-13-9-21(3)10-14-26/h9-18,24,29H,7-8,19-20H2,1-6H3,(H,35,39)/t24-,29+/m1/s1. The SMILES string of the molecule is CC[C@@H](C)NC(=O)[C@H](CC)N(Cc1ccc(Cl)c(Cl)c1)C(=O)CN(c1ccc(C)cc1C)S(=O)(=O)c1ccc(C)cc1. The predicted molar refractivity (Wildman–Crippen MR) is 171 cm³/mol. The number of nitrogens with zero attached hydrogens (tertiary/aromatic N) is 2. The Morgan fingerprint density at radius 1 is 0.857 bits per heavy atom. The number of halogens is 2. The Bertz CT molecular complexity index is 1530. The molecule has 0 bridgehead atoms. The van der Waals surface area contributed by atoms with Crippen molar-refractivity contribution in [3.05, 3.63) is 93.0 Å². The molecule has 0 saturated heterocycles. The van der Waals surface area contributed by atoms with Crippen LogP contribution in [0.5, 0.6) is 0 Å². The average molecular weight is 633 g/mol. The maximum atomic E-state index is 14.2. The second kappa shape index (κ2) is 14.4. The number of carbonyl (C=O) groups excluding carboxylic acids is 2. The van der Waals surface area contributed by atoms with Crippen molar-refractivity contribution in [2.24, 2.45) is 0 Å². The third-order valence-electron chi connectivity index (χ3n) is 7.23. The van der Waals surface area contributed by atoms with Gasteiger partial charge in [0.1, 0.15) is 12.6 Å². The number of nitrogens with one attached hydrogen (secondary N) is 1. The number of rotatable bonds is 12. The van der Waals surface area contributed by atoms with Crippen LogP contribution < -0.4 is 9.62 Å². The van der Waals surface area contributed by atoms with E-state index in [9.17, 15) is 18.0 Å². The highest BCUT2D eigenvalue weighted by Crippen LogP contribution is 2.29. The zero-order chi connectivity index (χ0) is 31.2. The van der Waals surface area contributed by atoms with E-state index >= 15 is 0 Å². The summed E-state index contributed by atoms with van der Waals surface area (Å²) in [6.07, 6.45) is 1.04. The van der Waals surface area contributed by atoms with Gasteiger partial charge in [-0.3, -0.25) is 13.9 Å². The van der Waals surface area contributed by atoms with Gasteiger partial charge in [0.15, 0.2) is 0 Å². The first-order valence-electron chi connectivity index (χ1n) is 14.0. The first-order chi connectivity index (χ1) is 19.8. The van der Waals surface area contributed by atoms with Crippen LogP contribution in [0.1, 0.15) is 55.9 Å². The molecule has 0 aliphatic carbocycles. The third-order valence-corrected chi connectivity index (χ3v) is 9.75. The summed E-state index contributed by atoms with van der Waals surface area (Å²) < 4.78 is 29.3. The van der Waals surface area contributed by atoms with Crippen LogP contribution in [0.4, 0.5) is 5.69 Å². The number of amides is 2. The lowest BCUT2D eigenvalue weighted by molar-refractivity contribution is -0.140. The number of benzene rings is 3. The van der Waals surface area contributed by atoms with E-state index in [1.807, 2.05) is 53.7 Å². The minimum Gasteiger partial charge on any atom is -0.352 e. The Hall–Kier alpha value is -3.07. The zero-order valence-corrected chi connectivity index (χ0v) is 27.3. The molecule has 1 N–H and O–H groups in total. The summed E-state index contributed by atoms with van der Waals surface area (Å²) in [4.78, 5) is 29.1. The van der Waals surface area contributed by atoms with Crippen LogP contribution in [0.25, 0.3) is 0 Å². The molecule has 0 saturated carbocycles. The molecule has 0 radical (unpaired) electrons. The summed E-state index contributed by atoms with van der Waals surface area (Å²) in [5.41, 5.74) is 3.63. The Balaban J connectivity index is 2.11. The second-order valence-electron chi connectivity index (χ2n) is 10.6. The third kappa shape index (κ3) is 8.06. The smallest absolute Gasteiger partial charge is 0.264 e. The molecular formula is C32H39Cl2N3O4S. The first-order valence-corrected chi connectivity index (χ1v) is 16.2. The van der Waals surface area contributed by atoms with Gasteiger partial charge in [0.25, 0.3) is 10.0 Å². The van der Waals surface area contributed by atoms with Gasteiger partial charge in [-0.05, 0) is 82.0 Å². The fraction of sp³-hybridized carbons (Fsp3) is 0.375. The molecule has 3 aromatic carbocycles. The molecule has 0 fully saturated rings. The van der Waals surface area contributed by atoms with Gasteiger partial charge < -0.3 is 10.2 Å². The molecule has 2 atom stereocenters. The van der Waals surface area contributed by atoms with Crippen molar-refractivity contribution in [3.63, 3.8) is 0 Å². The van der Waals surface area contributed by atoms with E-state index in [1.54, 1.807) is 36.4 Å². The molecular weight excluding hydrogens is 593 g/mol. The van der Waals surface area contributed by atoms with Crippen LogP contribution in [0.2, 0.25) is 10.0 Å². The lowest BCUT2D eigenvalue weighted by Crippen LogP contribution is -2.53. The largest absolute Gasteiger partial charge is 0.352 e. The Morgan fingerprint density at radius 3 is 2.07 bits per heavy atom. The Labute approximate surface area is 259 Å². The van der Waals surface area contributed by atoms with Crippen molar-refractivity contribution in [1.82, 2.24) is 10.2 Å². The number of anilines is 1. The van der Waals surface area contributed by atoms with Gasteiger partial charge in [-0.15, -0.1) is 0 Å². The fourth-order valence-corrected chi connectivity index (χ4v) is 6.43. The normalized spacial score (nSPS) is 12.9. The molecule has 0 unspecified atom stereocenters. The van der Waals surface area contributed by atoms with Crippen LogP contribution in [0, 0.1) is 20.8 Å². The summed E-state index contributed by atoms with van der Waals surface area (Å²) in [6, 6.07) is 16.0. The summed E-state index contributed by atoms with van der Waals surface area (Å²) in [6.45, 7) is 10.8. The molecule has 0 spiro atoms. The van der Waals surface area contributed by atoms with Crippen LogP contribution in [0.3, 0.4) is 0 Å². The number of carbonyl (C=O) groups is 2. The van der Waals surface area contributed by atoms with E-state index in [2.05, 4.69) is 5.32 Å². The van der Waals surface area contributed by atoms with Crippen molar-refractivity contribution < 1.29 is 18.0 Å². The van der Waals surface area contributed by atoms with Gasteiger partial charge >= 0.3 is 0 Å². The fourth-order valence-electron chi connectivity index (χ4n) is 4.63. The van der Waals surface area contributed by atoms with Crippen molar-refractivity contribution in [1.29, 1.82) is 0 Å². The molecule has 2 amide bonds. The Morgan fingerprint density at radius 2 is 1.50 bits per heavy atom. The van der Waals surface area contributed by atoms with E-state index in [0.717, 1.165) is 21.9 Å². The van der Waals surface area contributed by atoms with Crippen molar-refractivity contribution in [3.8, 4) is 0 Å². The number of sulfonamides is 1. The summed E-state index contributed by atoms with van der Waals surface area (Å²) in [5.74, 6) is -0.831. The van der Waals surface area contributed by atoms with Crippen LogP contribution in [-0.2, 0) is 26.2 Å². The average Bonchev–Trinajstić information content (AvgIpc) is 2.93. The molecule has 0 heterocycles. The van der Waals surface area contributed by atoms with Gasteiger partial charge in [0.2, 0.25) is 11.8 Å². The second-order valence-corrected chi connectivity index (χ2v) is 13.3. The molecule has 3 rings (SSSR count). The lowest BCUT2D eigenvalue weighted by Gasteiger charge is -2.34. The number of aryl methyl sites for hydroxylation is 3. The van der Waals surface area contributed by atoms with Gasteiger partial charge in [-0.2, -0.15) is 0 Å². The van der Waals surface area contributed by atoms with Gasteiger partial charge in [0, 0.05) is 12.6 Å². The highest BCUT2D eigenvalue weighted by molar-refractivity contribution is 7.92. The van der Waals surface area contributed by atoms with Gasteiger partial charge in [-0.25, -0.2) is 8.42 Å². The minimum absolute atomic E-state index is 0.0352. The van der Waals surface area contributed by atoms with E-state index in [-0.39, 0.29) is 23.4 Å². The molecule has 3 aromatic rings. The molecule has 42 heavy (non-hydrogen) atoms. The van der Waals surface area contributed by atoms with Crippen LogP contribution in [0.15, 0.2) is 65.6 Å². The molecule has 226 valence electrons.